The van der Waals surface area contributed by atoms with Crippen LogP contribution >= 0.6 is 0 Å². The van der Waals surface area contributed by atoms with Gasteiger partial charge in [0.25, 0.3) is 0 Å². The quantitative estimate of drug-likeness (QED) is 0.746. The molecule has 0 bridgehead atoms. The molecule has 0 aromatic heterocycles. The number of ether oxygens (including phenoxy) is 1. The molecule has 1 aliphatic heterocycles. The first-order valence-electron chi connectivity index (χ1n) is 8.70. The molecule has 4 nitrogen and oxygen atoms in total. The van der Waals surface area contributed by atoms with Crippen molar-refractivity contribution in [2.24, 2.45) is 0 Å². The highest BCUT2D eigenvalue weighted by molar-refractivity contribution is 6.74. The fourth-order valence-corrected chi connectivity index (χ4v) is 4.30. The summed E-state index contributed by atoms with van der Waals surface area (Å²) >= 11 is 0. The number of rotatable bonds is 5. The van der Waals surface area contributed by atoms with Gasteiger partial charge in [0.15, 0.2) is 16.6 Å². The Morgan fingerprint density at radius 2 is 1.43 bits per heavy atom. The van der Waals surface area contributed by atoms with Crippen LogP contribution < -0.4 is 0 Å². The molecule has 0 spiro atoms. The molecule has 0 aromatic carbocycles. The molecule has 1 rings (SSSR count). The molecule has 1 N–H and O–H groups in total. The van der Waals surface area contributed by atoms with Gasteiger partial charge in [0.05, 0.1) is 19.3 Å². The topological polar surface area (TPSA) is 47.9 Å². The molecule has 23 heavy (non-hydrogen) atoms. The maximum Gasteiger partial charge on any atom is 0.192 e. The number of hydrogen-bond donors (Lipinski definition) is 1. The largest absolute Gasteiger partial charge is 0.414 e. The van der Waals surface area contributed by atoms with E-state index < -0.39 is 22.7 Å². The van der Waals surface area contributed by atoms with Crippen LogP contribution in [0.4, 0.5) is 0 Å². The minimum Gasteiger partial charge on any atom is -0.414 e. The monoisotopic (exact) mass is 362 g/mol. The first-order valence-corrected chi connectivity index (χ1v) is 14.5. The Kier molecular flexibility index (Phi) is 6.38. The molecular formula is C17H38O4Si2. The molecule has 0 aliphatic carbocycles. The van der Waals surface area contributed by atoms with Gasteiger partial charge in [-0.05, 0) is 36.3 Å². The summed E-state index contributed by atoms with van der Waals surface area (Å²) in [5, 5.41) is 10.9. The zero-order valence-electron chi connectivity index (χ0n) is 16.8. The van der Waals surface area contributed by atoms with E-state index in [1.54, 1.807) is 0 Å². The van der Waals surface area contributed by atoms with Crippen LogP contribution in [0.3, 0.4) is 0 Å². The van der Waals surface area contributed by atoms with Gasteiger partial charge in [0.2, 0.25) is 0 Å². The van der Waals surface area contributed by atoms with Crippen LogP contribution in [0.5, 0.6) is 0 Å². The van der Waals surface area contributed by atoms with Crippen molar-refractivity contribution in [3.63, 3.8) is 0 Å². The third-order valence-corrected chi connectivity index (χ3v) is 14.9. The van der Waals surface area contributed by atoms with E-state index in [1.807, 2.05) is 0 Å². The van der Waals surface area contributed by atoms with Gasteiger partial charge in [-0.15, -0.1) is 0 Å². The van der Waals surface area contributed by atoms with E-state index in [1.165, 1.54) is 0 Å². The second-order valence-corrected chi connectivity index (χ2v) is 19.4. The average molecular weight is 363 g/mol. The Morgan fingerprint density at radius 3 is 1.87 bits per heavy atom. The molecule has 138 valence electrons. The molecule has 0 radical (unpaired) electrons. The molecule has 1 fully saturated rings. The summed E-state index contributed by atoms with van der Waals surface area (Å²) in [6.07, 6.45) is -1.11. The molecular weight excluding hydrogens is 324 g/mol. The lowest BCUT2D eigenvalue weighted by molar-refractivity contribution is -0.00146. The third kappa shape index (κ3) is 5.12. The summed E-state index contributed by atoms with van der Waals surface area (Å²) in [6, 6.07) is 0. The Morgan fingerprint density at radius 1 is 0.957 bits per heavy atom. The lowest BCUT2D eigenvalue weighted by atomic mass is 10.2. The molecule has 1 aliphatic rings. The number of aliphatic hydroxyl groups excluding tert-OH is 1. The normalized spacial score (nSPS) is 27.5. The zero-order chi connectivity index (χ0) is 18.3. The van der Waals surface area contributed by atoms with Gasteiger partial charge in [0, 0.05) is 0 Å². The highest BCUT2D eigenvalue weighted by Crippen LogP contribution is 2.39. The summed E-state index contributed by atoms with van der Waals surface area (Å²) in [7, 11) is -3.73. The Hall–Kier alpha value is 0.274. The summed E-state index contributed by atoms with van der Waals surface area (Å²) < 4.78 is 18.3. The van der Waals surface area contributed by atoms with Gasteiger partial charge in [-0.25, -0.2) is 0 Å². The van der Waals surface area contributed by atoms with Crippen LogP contribution in [-0.4, -0.2) is 53.3 Å². The van der Waals surface area contributed by atoms with Crippen molar-refractivity contribution in [3.05, 3.63) is 0 Å². The Balaban J connectivity index is 2.62. The van der Waals surface area contributed by atoms with E-state index in [0.29, 0.717) is 13.2 Å². The SMILES string of the molecule is CC(C)(C)[Si](C)(C)OC[C@@H]1OC[C@@H](O[Si](C)(C)C(C)(C)C)[C@@H]1O. The van der Waals surface area contributed by atoms with Crippen molar-refractivity contribution in [2.75, 3.05) is 13.2 Å². The van der Waals surface area contributed by atoms with E-state index >= 15 is 0 Å². The summed E-state index contributed by atoms with van der Waals surface area (Å²) in [4.78, 5) is 0. The van der Waals surface area contributed by atoms with Crippen molar-refractivity contribution < 1.29 is 18.7 Å². The van der Waals surface area contributed by atoms with Crippen molar-refractivity contribution in [1.82, 2.24) is 0 Å². The average Bonchev–Trinajstić information content (AvgIpc) is 2.65. The molecule has 3 atom stereocenters. The molecule has 0 unspecified atom stereocenters. The lowest BCUT2D eigenvalue weighted by Crippen LogP contribution is -2.48. The summed E-state index contributed by atoms with van der Waals surface area (Å²) in [5.41, 5.74) is 0. The lowest BCUT2D eigenvalue weighted by Gasteiger charge is -2.39. The van der Waals surface area contributed by atoms with Crippen LogP contribution in [0.2, 0.25) is 36.3 Å². The Labute approximate surface area is 145 Å². The van der Waals surface area contributed by atoms with Crippen molar-refractivity contribution >= 4 is 16.6 Å². The fourth-order valence-electron chi connectivity index (χ4n) is 1.97. The predicted molar refractivity (Wildman–Crippen MR) is 101 cm³/mol. The standard InChI is InChI=1S/C17H38O4Si2/c1-16(2,3)22(7,8)20-12-13-15(18)14(11-19-13)21-23(9,10)17(4,5)6/h13-15,18H,11-12H2,1-10H3/t13-,14+,15+/m0/s1. The van der Waals surface area contributed by atoms with E-state index in [2.05, 4.69) is 67.7 Å². The third-order valence-electron chi connectivity index (χ3n) is 5.90. The molecule has 0 aromatic rings. The van der Waals surface area contributed by atoms with Gasteiger partial charge in [-0.3, -0.25) is 0 Å². The van der Waals surface area contributed by atoms with Crippen LogP contribution in [0.25, 0.3) is 0 Å². The van der Waals surface area contributed by atoms with Gasteiger partial charge in [-0.2, -0.15) is 0 Å². The smallest absolute Gasteiger partial charge is 0.192 e. The summed E-state index contributed by atoms with van der Waals surface area (Å²) in [6.45, 7) is 23.0. The highest BCUT2D eigenvalue weighted by Gasteiger charge is 2.46. The maximum absolute atomic E-state index is 10.6. The van der Waals surface area contributed by atoms with Gasteiger partial charge >= 0.3 is 0 Å². The molecule has 6 heteroatoms. The van der Waals surface area contributed by atoms with Gasteiger partial charge in [0.1, 0.15) is 12.2 Å². The zero-order valence-corrected chi connectivity index (χ0v) is 18.8. The highest BCUT2D eigenvalue weighted by atomic mass is 28.4. The second kappa shape index (κ2) is 6.88. The van der Waals surface area contributed by atoms with E-state index in [4.69, 9.17) is 13.6 Å². The Bertz CT molecular complexity index is 396. The van der Waals surface area contributed by atoms with Gasteiger partial charge in [-0.1, -0.05) is 41.5 Å². The molecule has 0 amide bonds. The first-order chi connectivity index (χ1) is 10.1. The second-order valence-electron chi connectivity index (χ2n) is 9.85. The van der Waals surface area contributed by atoms with Crippen molar-refractivity contribution in [2.45, 2.75) is 96.1 Å². The molecule has 1 saturated heterocycles. The minimum atomic E-state index is -1.90. The summed E-state index contributed by atoms with van der Waals surface area (Å²) in [5.74, 6) is 0. The van der Waals surface area contributed by atoms with E-state index in [0.717, 1.165) is 0 Å². The number of aliphatic hydroxyl groups is 1. The molecule has 1 heterocycles. The fraction of sp³-hybridized carbons (Fsp3) is 1.00. The van der Waals surface area contributed by atoms with Crippen molar-refractivity contribution in [3.8, 4) is 0 Å². The van der Waals surface area contributed by atoms with Crippen LogP contribution in [0.1, 0.15) is 41.5 Å². The number of hydrogen-bond acceptors (Lipinski definition) is 4. The predicted octanol–water partition coefficient (Wildman–Crippen LogP) is 4.16. The maximum atomic E-state index is 10.6. The first kappa shape index (κ1) is 21.3. The van der Waals surface area contributed by atoms with Gasteiger partial charge < -0.3 is 18.7 Å². The van der Waals surface area contributed by atoms with Crippen LogP contribution in [0.15, 0.2) is 0 Å². The minimum absolute atomic E-state index is 0.127. The van der Waals surface area contributed by atoms with Crippen LogP contribution in [0, 0.1) is 0 Å². The van der Waals surface area contributed by atoms with Crippen LogP contribution in [-0.2, 0) is 13.6 Å². The molecule has 0 saturated carbocycles. The van der Waals surface area contributed by atoms with E-state index in [9.17, 15) is 5.11 Å². The van der Waals surface area contributed by atoms with Crippen molar-refractivity contribution in [1.29, 1.82) is 0 Å². The van der Waals surface area contributed by atoms with E-state index in [-0.39, 0.29) is 22.3 Å².